The number of aryl methyl sites for hydroxylation is 1. The number of amides is 1. The molecule has 1 amide bonds. The standard InChI is InChI=1S/C16H15N3O4S/c1-9-6-12(19-23-9)15(20)18-16-17-13(8-24-16)11-5-4-10(21-2)7-14(11)22-3/h4-8H,1-3H3,(H,17,18,20). The minimum Gasteiger partial charge on any atom is -0.497 e. The number of aromatic nitrogens is 2. The van der Waals surface area contributed by atoms with Crippen LogP contribution in [0.1, 0.15) is 16.2 Å². The second-order valence-electron chi connectivity index (χ2n) is 4.88. The van der Waals surface area contributed by atoms with Crippen molar-refractivity contribution >= 4 is 22.4 Å². The summed E-state index contributed by atoms with van der Waals surface area (Å²) in [6.45, 7) is 1.72. The van der Waals surface area contributed by atoms with E-state index >= 15 is 0 Å². The molecule has 0 aliphatic rings. The van der Waals surface area contributed by atoms with E-state index in [-0.39, 0.29) is 11.6 Å². The van der Waals surface area contributed by atoms with Gasteiger partial charge < -0.3 is 14.0 Å². The van der Waals surface area contributed by atoms with Crippen molar-refractivity contribution in [3.05, 3.63) is 41.1 Å². The highest BCUT2D eigenvalue weighted by molar-refractivity contribution is 7.14. The first-order chi connectivity index (χ1) is 11.6. The SMILES string of the molecule is COc1ccc(-c2csc(NC(=O)c3cc(C)on3)n2)c(OC)c1. The monoisotopic (exact) mass is 345 g/mol. The van der Waals surface area contributed by atoms with Crippen LogP contribution in [-0.4, -0.2) is 30.3 Å². The molecule has 2 aromatic heterocycles. The number of hydrogen-bond donors (Lipinski definition) is 1. The fourth-order valence-electron chi connectivity index (χ4n) is 2.10. The second-order valence-corrected chi connectivity index (χ2v) is 5.74. The van der Waals surface area contributed by atoms with E-state index in [1.807, 2.05) is 17.5 Å². The Hall–Kier alpha value is -2.87. The van der Waals surface area contributed by atoms with E-state index in [9.17, 15) is 4.79 Å². The van der Waals surface area contributed by atoms with Gasteiger partial charge in [-0.25, -0.2) is 4.98 Å². The Morgan fingerprint density at radius 2 is 2.08 bits per heavy atom. The molecule has 0 bridgehead atoms. The van der Waals surface area contributed by atoms with Crippen LogP contribution in [0.3, 0.4) is 0 Å². The first kappa shape index (κ1) is 16.0. The topological polar surface area (TPSA) is 86.5 Å². The average Bonchev–Trinajstić information content (AvgIpc) is 3.23. The number of rotatable bonds is 5. The molecular formula is C16H15N3O4S. The summed E-state index contributed by atoms with van der Waals surface area (Å²) in [5.74, 6) is 1.54. The predicted octanol–water partition coefficient (Wildman–Crippen LogP) is 3.38. The highest BCUT2D eigenvalue weighted by atomic mass is 32.1. The summed E-state index contributed by atoms with van der Waals surface area (Å²) in [4.78, 5) is 16.5. The van der Waals surface area contributed by atoms with Crippen molar-refractivity contribution in [3.8, 4) is 22.8 Å². The largest absolute Gasteiger partial charge is 0.497 e. The number of hydrogen-bond acceptors (Lipinski definition) is 7. The zero-order valence-corrected chi connectivity index (χ0v) is 14.1. The Morgan fingerprint density at radius 1 is 1.25 bits per heavy atom. The van der Waals surface area contributed by atoms with E-state index in [1.165, 1.54) is 11.3 Å². The molecule has 1 N–H and O–H groups in total. The lowest BCUT2D eigenvalue weighted by atomic mass is 10.1. The summed E-state index contributed by atoms with van der Waals surface area (Å²) in [7, 11) is 3.18. The quantitative estimate of drug-likeness (QED) is 0.763. The van der Waals surface area contributed by atoms with E-state index in [2.05, 4.69) is 15.5 Å². The molecule has 7 nitrogen and oxygen atoms in total. The summed E-state index contributed by atoms with van der Waals surface area (Å²) in [5, 5.41) is 8.69. The number of thiazole rings is 1. The van der Waals surface area contributed by atoms with Gasteiger partial charge in [-0.15, -0.1) is 11.3 Å². The Kier molecular flexibility index (Phi) is 4.48. The molecule has 0 fully saturated rings. The number of benzene rings is 1. The van der Waals surface area contributed by atoms with E-state index < -0.39 is 0 Å². The minimum absolute atomic E-state index is 0.214. The lowest BCUT2D eigenvalue weighted by Crippen LogP contribution is -2.11. The van der Waals surface area contributed by atoms with Crippen LogP contribution in [0.4, 0.5) is 5.13 Å². The first-order valence-electron chi connectivity index (χ1n) is 7.03. The molecule has 3 rings (SSSR count). The first-order valence-corrected chi connectivity index (χ1v) is 7.91. The van der Waals surface area contributed by atoms with Crippen LogP contribution in [0.2, 0.25) is 0 Å². The number of carbonyl (C=O) groups excluding carboxylic acids is 1. The Bertz CT molecular complexity index is 872. The number of methoxy groups -OCH3 is 2. The van der Waals surface area contributed by atoms with Gasteiger partial charge >= 0.3 is 0 Å². The van der Waals surface area contributed by atoms with Gasteiger partial charge in [0.1, 0.15) is 17.3 Å². The number of carbonyl (C=O) groups is 1. The number of anilines is 1. The summed E-state index contributed by atoms with van der Waals surface area (Å²) in [6.07, 6.45) is 0. The van der Waals surface area contributed by atoms with E-state index in [0.29, 0.717) is 28.1 Å². The van der Waals surface area contributed by atoms with Gasteiger partial charge in [-0.05, 0) is 19.1 Å². The maximum Gasteiger partial charge on any atom is 0.279 e. The van der Waals surface area contributed by atoms with E-state index in [1.54, 1.807) is 33.3 Å². The number of nitrogens with one attached hydrogen (secondary N) is 1. The Morgan fingerprint density at radius 3 is 2.75 bits per heavy atom. The molecule has 0 aliphatic carbocycles. The van der Waals surface area contributed by atoms with Crippen LogP contribution in [0.5, 0.6) is 11.5 Å². The molecule has 8 heteroatoms. The molecule has 124 valence electrons. The molecule has 1 aromatic carbocycles. The van der Waals surface area contributed by atoms with Crippen LogP contribution < -0.4 is 14.8 Å². The summed E-state index contributed by atoms with van der Waals surface area (Å²) < 4.78 is 15.5. The lowest BCUT2D eigenvalue weighted by molar-refractivity contribution is 0.101. The predicted molar refractivity (Wildman–Crippen MR) is 89.8 cm³/mol. The van der Waals surface area contributed by atoms with E-state index in [4.69, 9.17) is 14.0 Å². The van der Waals surface area contributed by atoms with Crippen molar-refractivity contribution < 1.29 is 18.8 Å². The average molecular weight is 345 g/mol. The molecule has 0 unspecified atom stereocenters. The number of ether oxygens (including phenoxy) is 2. The third kappa shape index (κ3) is 3.23. The van der Waals surface area contributed by atoms with Crippen molar-refractivity contribution in [2.24, 2.45) is 0 Å². The maximum absolute atomic E-state index is 12.1. The normalized spacial score (nSPS) is 10.5. The van der Waals surface area contributed by atoms with Crippen LogP contribution in [0, 0.1) is 6.92 Å². The molecule has 0 saturated carbocycles. The number of nitrogens with zero attached hydrogens (tertiary/aromatic N) is 2. The van der Waals surface area contributed by atoms with Crippen LogP contribution in [0.25, 0.3) is 11.3 Å². The van der Waals surface area contributed by atoms with Crippen molar-refractivity contribution in [2.45, 2.75) is 6.92 Å². The van der Waals surface area contributed by atoms with Gasteiger partial charge in [-0.1, -0.05) is 5.16 Å². The van der Waals surface area contributed by atoms with Crippen LogP contribution >= 0.6 is 11.3 Å². The molecule has 0 aliphatic heterocycles. The molecule has 3 aromatic rings. The smallest absolute Gasteiger partial charge is 0.279 e. The molecule has 2 heterocycles. The van der Waals surface area contributed by atoms with E-state index in [0.717, 1.165) is 5.56 Å². The zero-order valence-electron chi connectivity index (χ0n) is 13.3. The van der Waals surface area contributed by atoms with Crippen molar-refractivity contribution in [2.75, 3.05) is 19.5 Å². The molecule has 0 radical (unpaired) electrons. The van der Waals surface area contributed by atoms with Crippen LogP contribution in [0.15, 0.2) is 34.2 Å². The zero-order chi connectivity index (χ0) is 17.1. The molecule has 0 atom stereocenters. The highest BCUT2D eigenvalue weighted by Crippen LogP contribution is 2.34. The van der Waals surface area contributed by atoms with Gasteiger partial charge in [0, 0.05) is 23.1 Å². The van der Waals surface area contributed by atoms with Gasteiger partial charge in [0.15, 0.2) is 10.8 Å². The third-order valence-electron chi connectivity index (χ3n) is 3.27. The molecule has 0 spiro atoms. The Labute approximate surface area is 142 Å². The summed E-state index contributed by atoms with van der Waals surface area (Å²) in [6, 6.07) is 7.04. The highest BCUT2D eigenvalue weighted by Gasteiger charge is 2.15. The van der Waals surface area contributed by atoms with Crippen molar-refractivity contribution in [1.82, 2.24) is 10.1 Å². The minimum atomic E-state index is -0.366. The lowest BCUT2D eigenvalue weighted by Gasteiger charge is -2.08. The van der Waals surface area contributed by atoms with Crippen molar-refractivity contribution in [1.29, 1.82) is 0 Å². The summed E-state index contributed by atoms with van der Waals surface area (Å²) >= 11 is 1.32. The Balaban J connectivity index is 1.82. The van der Waals surface area contributed by atoms with Gasteiger partial charge in [0.2, 0.25) is 0 Å². The fraction of sp³-hybridized carbons (Fsp3) is 0.188. The van der Waals surface area contributed by atoms with Gasteiger partial charge in [0.05, 0.1) is 19.9 Å². The van der Waals surface area contributed by atoms with Crippen molar-refractivity contribution in [3.63, 3.8) is 0 Å². The van der Waals surface area contributed by atoms with Crippen LogP contribution in [-0.2, 0) is 0 Å². The maximum atomic E-state index is 12.1. The molecule has 0 saturated heterocycles. The van der Waals surface area contributed by atoms with Gasteiger partial charge in [-0.2, -0.15) is 0 Å². The van der Waals surface area contributed by atoms with Gasteiger partial charge in [-0.3, -0.25) is 10.1 Å². The van der Waals surface area contributed by atoms with Gasteiger partial charge in [0.25, 0.3) is 5.91 Å². The second kappa shape index (κ2) is 6.71. The summed E-state index contributed by atoms with van der Waals surface area (Å²) in [5.41, 5.74) is 1.73. The fourth-order valence-corrected chi connectivity index (χ4v) is 2.81. The third-order valence-corrected chi connectivity index (χ3v) is 4.03. The molecule has 24 heavy (non-hydrogen) atoms. The molecular weight excluding hydrogens is 330 g/mol.